The fourth-order valence-electron chi connectivity index (χ4n) is 7.64. The molecule has 3 atom stereocenters. The van der Waals surface area contributed by atoms with Gasteiger partial charge in [0.2, 0.25) is 5.91 Å². The molecular formula is C58H106N2O7P+. The molecule has 0 aromatic carbocycles. The van der Waals surface area contributed by atoms with Crippen LogP contribution in [0.5, 0.6) is 0 Å². The van der Waals surface area contributed by atoms with Crippen LogP contribution in [0.15, 0.2) is 72.9 Å². The van der Waals surface area contributed by atoms with E-state index in [0.717, 1.165) is 96.3 Å². The Morgan fingerprint density at radius 1 is 0.529 bits per heavy atom. The molecule has 0 fully saturated rings. The molecule has 0 bridgehead atoms. The number of nitrogens with one attached hydrogen (secondary N) is 1. The number of esters is 1. The molecule has 68 heavy (non-hydrogen) atoms. The Balaban J connectivity index is 5.42. The first kappa shape index (κ1) is 65.5. The normalized spacial score (nSPS) is 14.4. The lowest BCUT2D eigenvalue weighted by Crippen LogP contribution is -2.47. The van der Waals surface area contributed by atoms with Crippen LogP contribution >= 0.6 is 7.82 Å². The average molecular weight is 974 g/mol. The predicted octanol–water partition coefficient (Wildman–Crippen LogP) is 16.5. The molecule has 0 aliphatic rings. The topological polar surface area (TPSA) is 111 Å². The zero-order valence-electron chi connectivity index (χ0n) is 44.8. The number of phosphoric acid groups is 1. The van der Waals surface area contributed by atoms with Gasteiger partial charge in [0.1, 0.15) is 19.3 Å². The SMILES string of the molecule is CC/C=C/C=C/C=C/CCCCCCCCCC(=O)NC(COP(=O)(O)OCC[N+](C)(C)C)C(/C=C/CCCCCCCCCCCC)OC(=O)CCCCCCCC/C=C/C=C/CCCCC. The second-order valence-corrected chi connectivity index (χ2v) is 21.3. The fourth-order valence-corrected chi connectivity index (χ4v) is 8.37. The molecule has 10 heteroatoms. The van der Waals surface area contributed by atoms with E-state index in [9.17, 15) is 19.0 Å². The Kier molecular flexibility index (Phi) is 46.3. The number of carbonyl (C=O) groups excluding carboxylic acids is 2. The van der Waals surface area contributed by atoms with Crippen LogP contribution in [0.3, 0.4) is 0 Å². The van der Waals surface area contributed by atoms with E-state index in [1.165, 1.54) is 103 Å². The molecule has 0 saturated carbocycles. The van der Waals surface area contributed by atoms with E-state index in [2.05, 4.69) is 86.8 Å². The highest BCUT2D eigenvalue weighted by Gasteiger charge is 2.30. The lowest BCUT2D eigenvalue weighted by molar-refractivity contribution is -0.870. The van der Waals surface area contributed by atoms with Crippen molar-refractivity contribution < 1.29 is 37.3 Å². The van der Waals surface area contributed by atoms with E-state index >= 15 is 0 Å². The molecule has 0 aromatic heterocycles. The number of quaternary nitrogens is 1. The van der Waals surface area contributed by atoms with Crippen LogP contribution in [-0.4, -0.2) is 74.3 Å². The Hall–Kier alpha value is -2.55. The van der Waals surface area contributed by atoms with Crippen LogP contribution in [0.4, 0.5) is 0 Å². The molecule has 2 N–H and O–H groups in total. The van der Waals surface area contributed by atoms with E-state index in [-0.39, 0.29) is 31.5 Å². The summed E-state index contributed by atoms with van der Waals surface area (Å²) >= 11 is 0. The van der Waals surface area contributed by atoms with Gasteiger partial charge in [0.25, 0.3) is 0 Å². The third kappa shape index (κ3) is 48.5. The van der Waals surface area contributed by atoms with E-state index in [0.29, 0.717) is 17.4 Å². The predicted molar refractivity (Wildman–Crippen MR) is 291 cm³/mol. The molecule has 0 aliphatic heterocycles. The van der Waals surface area contributed by atoms with Crippen molar-refractivity contribution >= 4 is 19.7 Å². The summed E-state index contributed by atoms with van der Waals surface area (Å²) in [6, 6.07) is -0.860. The summed E-state index contributed by atoms with van der Waals surface area (Å²) in [6.07, 6.45) is 60.3. The Morgan fingerprint density at radius 3 is 1.44 bits per heavy atom. The summed E-state index contributed by atoms with van der Waals surface area (Å²) in [6.45, 7) is 6.82. The average Bonchev–Trinajstić information content (AvgIpc) is 3.29. The first-order chi connectivity index (χ1) is 32.9. The number of hydrogen-bond acceptors (Lipinski definition) is 6. The zero-order valence-corrected chi connectivity index (χ0v) is 45.7. The van der Waals surface area contributed by atoms with Crippen LogP contribution < -0.4 is 5.32 Å². The van der Waals surface area contributed by atoms with Crippen LogP contribution in [-0.2, 0) is 27.9 Å². The van der Waals surface area contributed by atoms with Gasteiger partial charge in [-0.1, -0.05) is 216 Å². The van der Waals surface area contributed by atoms with Crippen molar-refractivity contribution in [3.63, 3.8) is 0 Å². The largest absolute Gasteiger partial charge is 0.472 e. The monoisotopic (exact) mass is 974 g/mol. The van der Waals surface area contributed by atoms with Crippen LogP contribution in [0.2, 0.25) is 0 Å². The van der Waals surface area contributed by atoms with Gasteiger partial charge in [0.15, 0.2) is 0 Å². The molecule has 0 rings (SSSR count). The highest BCUT2D eigenvalue weighted by molar-refractivity contribution is 7.47. The zero-order chi connectivity index (χ0) is 50.1. The second kappa shape index (κ2) is 48.1. The molecule has 0 radical (unpaired) electrons. The highest BCUT2D eigenvalue weighted by Crippen LogP contribution is 2.43. The Bertz CT molecular complexity index is 1400. The summed E-state index contributed by atoms with van der Waals surface area (Å²) in [5, 5.41) is 3.03. The highest BCUT2D eigenvalue weighted by atomic mass is 31.2. The van der Waals surface area contributed by atoms with Crippen LogP contribution in [0.1, 0.15) is 233 Å². The van der Waals surface area contributed by atoms with Gasteiger partial charge in [-0.25, -0.2) is 4.57 Å². The number of allylic oxidation sites excluding steroid dienone is 11. The van der Waals surface area contributed by atoms with E-state index < -0.39 is 20.0 Å². The molecule has 0 spiro atoms. The number of hydrogen-bond donors (Lipinski definition) is 2. The number of phosphoric ester groups is 1. The number of carbonyl (C=O) groups is 2. The first-order valence-corrected chi connectivity index (χ1v) is 29.3. The molecule has 394 valence electrons. The standard InChI is InChI=1S/C58H105N2O7P/c1-7-10-13-16-19-22-25-28-30-32-35-38-41-44-47-50-57(61)59-55(54-66-68(63,64)65-53-52-60(4,5)6)56(49-46-43-40-37-34-27-24-21-18-15-12-9-3)67-58(62)51-48-45-42-39-36-33-31-29-26-23-20-17-14-11-8-2/h10,13,16,19-20,22-23,25-26,29,46,49,55-56H,7-9,11-12,14-15,17-18,21,24,27-28,30-45,47-48,50-54H2,1-6H3,(H-,59,61,63,64)/p+1/b13-10+,19-16+,23-20+,25-22+,29-26+,49-46+. The lowest BCUT2D eigenvalue weighted by atomic mass is 10.0. The quantitative estimate of drug-likeness (QED) is 0.0156. The number of likely N-dealkylation sites (N-methyl/N-ethyl adjacent to an activating group) is 1. The van der Waals surface area contributed by atoms with Crippen molar-refractivity contribution in [3.8, 4) is 0 Å². The minimum atomic E-state index is -4.45. The Morgan fingerprint density at radius 2 is 0.941 bits per heavy atom. The van der Waals surface area contributed by atoms with Gasteiger partial charge in [0, 0.05) is 12.8 Å². The van der Waals surface area contributed by atoms with Gasteiger partial charge in [-0.2, -0.15) is 0 Å². The number of unbranched alkanes of at least 4 members (excludes halogenated alkanes) is 26. The lowest BCUT2D eigenvalue weighted by Gasteiger charge is -2.27. The van der Waals surface area contributed by atoms with Crippen molar-refractivity contribution in [3.05, 3.63) is 72.9 Å². The molecular weight excluding hydrogens is 868 g/mol. The van der Waals surface area contributed by atoms with Crippen LogP contribution in [0.25, 0.3) is 0 Å². The van der Waals surface area contributed by atoms with Gasteiger partial charge in [-0.15, -0.1) is 0 Å². The first-order valence-electron chi connectivity index (χ1n) is 27.8. The summed E-state index contributed by atoms with van der Waals surface area (Å²) in [7, 11) is 1.47. The van der Waals surface area contributed by atoms with E-state index in [1.807, 2.05) is 33.3 Å². The summed E-state index contributed by atoms with van der Waals surface area (Å²) in [4.78, 5) is 37.5. The third-order valence-corrected chi connectivity index (χ3v) is 13.0. The summed E-state index contributed by atoms with van der Waals surface area (Å²) in [5.41, 5.74) is 0. The summed E-state index contributed by atoms with van der Waals surface area (Å²) in [5.74, 6) is -0.536. The number of rotatable bonds is 49. The van der Waals surface area contributed by atoms with E-state index in [1.54, 1.807) is 0 Å². The van der Waals surface area contributed by atoms with Gasteiger partial charge < -0.3 is 19.4 Å². The molecule has 0 aliphatic carbocycles. The maximum Gasteiger partial charge on any atom is 0.472 e. The Labute approximate surface area is 419 Å². The molecule has 3 unspecified atom stereocenters. The van der Waals surface area contributed by atoms with Crippen molar-refractivity contribution in [2.45, 2.75) is 245 Å². The van der Waals surface area contributed by atoms with Gasteiger partial charge >= 0.3 is 13.8 Å². The van der Waals surface area contributed by atoms with Crippen molar-refractivity contribution in [1.82, 2.24) is 5.32 Å². The maximum absolute atomic E-state index is 13.5. The minimum Gasteiger partial charge on any atom is -0.456 e. The summed E-state index contributed by atoms with van der Waals surface area (Å²) < 4.78 is 30.6. The van der Waals surface area contributed by atoms with Crippen molar-refractivity contribution in [2.75, 3.05) is 40.9 Å². The molecule has 0 aromatic rings. The smallest absolute Gasteiger partial charge is 0.456 e. The molecule has 1 amide bonds. The fraction of sp³-hybridized carbons (Fsp3) is 0.759. The molecule has 9 nitrogen and oxygen atoms in total. The van der Waals surface area contributed by atoms with E-state index in [4.69, 9.17) is 13.8 Å². The number of nitrogens with zero attached hydrogens (tertiary/aromatic N) is 1. The number of ether oxygens (including phenoxy) is 1. The van der Waals surface area contributed by atoms with Gasteiger partial charge in [-0.05, 0) is 76.7 Å². The van der Waals surface area contributed by atoms with Crippen molar-refractivity contribution in [2.24, 2.45) is 0 Å². The third-order valence-electron chi connectivity index (χ3n) is 12.0. The van der Waals surface area contributed by atoms with Gasteiger partial charge in [0.05, 0.1) is 33.8 Å². The van der Waals surface area contributed by atoms with Crippen LogP contribution in [0, 0.1) is 0 Å². The second-order valence-electron chi connectivity index (χ2n) is 19.8. The van der Waals surface area contributed by atoms with Crippen molar-refractivity contribution in [1.29, 1.82) is 0 Å². The molecule has 0 saturated heterocycles. The minimum absolute atomic E-state index is 0.0330. The molecule has 0 heterocycles. The number of amides is 1. The van der Waals surface area contributed by atoms with Gasteiger partial charge in [-0.3, -0.25) is 18.6 Å². The maximum atomic E-state index is 13.5.